The van der Waals surface area contributed by atoms with Gasteiger partial charge in [0.25, 0.3) is 0 Å². The maximum Gasteiger partial charge on any atom is 0.405 e. The molecule has 0 heterocycles. The van der Waals surface area contributed by atoms with Gasteiger partial charge in [0.2, 0.25) is 0 Å². The number of nitrogens with two attached hydrogens (primary N) is 1. The Labute approximate surface area is 92.6 Å². The van der Waals surface area contributed by atoms with Gasteiger partial charge in [-0.1, -0.05) is 19.8 Å². The summed E-state index contributed by atoms with van der Waals surface area (Å²) in [6.45, 7) is 4.93. The van der Waals surface area contributed by atoms with Crippen LogP contribution < -0.4 is 11.1 Å². The topological polar surface area (TPSA) is 64.3 Å². The molecule has 0 aromatic carbocycles. The predicted octanol–water partition coefficient (Wildman–Crippen LogP) is 2.03. The SMILES string of the molecule is CCCCCC(C)(CCNC)OC(N)=O. The number of hydrogen-bond donors (Lipinski definition) is 2. The van der Waals surface area contributed by atoms with Crippen LogP contribution in [0.4, 0.5) is 4.79 Å². The van der Waals surface area contributed by atoms with E-state index < -0.39 is 11.7 Å². The Kier molecular flexibility index (Phi) is 7.13. The maximum atomic E-state index is 10.8. The van der Waals surface area contributed by atoms with Crippen LogP contribution in [0.25, 0.3) is 0 Å². The van der Waals surface area contributed by atoms with Gasteiger partial charge in [0, 0.05) is 0 Å². The van der Waals surface area contributed by atoms with Crippen molar-refractivity contribution in [2.75, 3.05) is 13.6 Å². The van der Waals surface area contributed by atoms with E-state index in [0.717, 1.165) is 32.2 Å². The Morgan fingerprint density at radius 3 is 2.53 bits per heavy atom. The van der Waals surface area contributed by atoms with Crippen LogP contribution in [0.1, 0.15) is 46.0 Å². The number of carbonyl (C=O) groups excluding carboxylic acids is 1. The molecule has 3 N–H and O–H groups in total. The monoisotopic (exact) mass is 216 g/mol. The minimum Gasteiger partial charge on any atom is -0.443 e. The third-order valence-corrected chi connectivity index (χ3v) is 2.56. The predicted molar refractivity (Wildman–Crippen MR) is 61.8 cm³/mol. The van der Waals surface area contributed by atoms with Crippen LogP contribution in [0.15, 0.2) is 0 Å². The van der Waals surface area contributed by atoms with Gasteiger partial charge in [0.1, 0.15) is 5.60 Å². The third-order valence-electron chi connectivity index (χ3n) is 2.56. The number of amides is 1. The highest BCUT2D eigenvalue weighted by Gasteiger charge is 2.26. The van der Waals surface area contributed by atoms with Crippen molar-refractivity contribution in [2.24, 2.45) is 5.73 Å². The average molecular weight is 216 g/mol. The second-order valence-electron chi connectivity index (χ2n) is 4.18. The van der Waals surface area contributed by atoms with E-state index in [1.807, 2.05) is 14.0 Å². The molecule has 4 nitrogen and oxygen atoms in total. The summed E-state index contributed by atoms with van der Waals surface area (Å²) in [6.07, 6.45) is 4.41. The molecule has 1 unspecified atom stereocenters. The van der Waals surface area contributed by atoms with Crippen LogP contribution in [0, 0.1) is 0 Å². The molecule has 0 aromatic rings. The van der Waals surface area contributed by atoms with Crippen LogP contribution in [-0.2, 0) is 4.74 Å². The summed E-state index contributed by atoms with van der Waals surface area (Å²) in [5, 5.41) is 3.05. The van der Waals surface area contributed by atoms with Crippen LogP contribution in [0.2, 0.25) is 0 Å². The molecule has 15 heavy (non-hydrogen) atoms. The molecule has 1 atom stereocenters. The van der Waals surface area contributed by atoms with Gasteiger partial charge in [0.15, 0.2) is 0 Å². The lowest BCUT2D eigenvalue weighted by Crippen LogP contribution is -2.36. The highest BCUT2D eigenvalue weighted by atomic mass is 16.6. The van der Waals surface area contributed by atoms with E-state index in [4.69, 9.17) is 10.5 Å². The highest BCUT2D eigenvalue weighted by molar-refractivity contribution is 5.65. The lowest BCUT2D eigenvalue weighted by Gasteiger charge is -2.28. The first-order chi connectivity index (χ1) is 7.04. The lowest BCUT2D eigenvalue weighted by atomic mass is 9.94. The van der Waals surface area contributed by atoms with Gasteiger partial charge in [-0.3, -0.25) is 0 Å². The Balaban J connectivity index is 4.07. The van der Waals surface area contributed by atoms with Crippen molar-refractivity contribution in [3.8, 4) is 0 Å². The molecule has 1 amide bonds. The number of carbonyl (C=O) groups is 1. The molecule has 0 aromatic heterocycles. The fourth-order valence-electron chi connectivity index (χ4n) is 1.61. The van der Waals surface area contributed by atoms with Crippen LogP contribution >= 0.6 is 0 Å². The van der Waals surface area contributed by atoms with Crippen molar-refractivity contribution >= 4 is 6.09 Å². The molecule has 0 spiro atoms. The van der Waals surface area contributed by atoms with E-state index in [1.54, 1.807) is 0 Å². The molecule has 90 valence electrons. The lowest BCUT2D eigenvalue weighted by molar-refractivity contribution is 0.0165. The van der Waals surface area contributed by atoms with Gasteiger partial charge in [-0.15, -0.1) is 0 Å². The smallest absolute Gasteiger partial charge is 0.405 e. The molecule has 4 heteroatoms. The van der Waals surface area contributed by atoms with E-state index >= 15 is 0 Å². The molecule has 0 bridgehead atoms. The normalized spacial score (nSPS) is 14.6. The summed E-state index contributed by atoms with van der Waals surface area (Å²) in [5.74, 6) is 0. The van der Waals surface area contributed by atoms with Crippen molar-refractivity contribution in [3.05, 3.63) is 0 Å². The maximum absolute atomic E-state index is 10.8. The summed E-state index contributed by atoms with van der Waals surface area (Å²) < 4.78 is 5.19. The molecule has 0 saturated carbocycles. The van der Waals surface area contributed by atoms with Gasteiger partial charge < -0.3 is 15.8 Å². The summed E-state index contributed by atoms with van der Waals surface area (Å²) in [5.41, 5.74) is 4.66. The largest absolute Gasteiger partial charge is 0.443 e. The highest BCUT2D eigenvalue weighted by Crippen LogP contribution is 2.23. The van der Waals surface area contributed by atoms with E-state index in [1.165, 1.54) is 6.42 Å². The average Bonchev–Trinajstić information content (AvgIpc) is 2.14. The molecular weight excluding hydrogens is 192 g/mol. The Hall–Kier alpha value is -0.770. The van der Waals surface area contributed by atoms with Crippen molar-refractivity contribution in [2.45, 2.75) is 51.6 Å². The number of primary amides is 1. The number of unbranched alkanes of at least 4 members (excludes halogenated alkanes) is 2. The van der Waals surface area contributed by atoms with Crippen molar-refractivity contribution < 1.29 is 9.53 Å². The minimum absolute atomic E-state index is 0.413. The second-order valence-corrected chi connectivity index (χ2v) is 4.18. The minimum atomic E-state index is -0.676. The van der Waals surface area contributed by atoms with E-state index in [2.05, 4.69) is 12.2 Å². The van der Waals surface area contributed by atoms with E-state index in [9.17, 15) is 4.79 Å². The van der Waals surface area contributed by atoms with Crippen molar-refractivity contribution in [1.29, 1.82) is 0 Å². The summed E-state index contributed by atoms with van der Waals surface area (Å²) in [7, 11) is 1.89. The van der Waals surface area contributed by atoms with Crippen LogP contribution in [0.3, 0.4) is 0 Å². The van der Waals surface area contributed by atoms with Crippen LogP contribution in [-0.4, -0.2) is 25.3 Å². The molecule has 0 fully saturated rings. The standard InChI is InChI=1S/C11H24N2O2/c1-4-5-6-7-11(2,8-9-13-3)15-10(12)14/h13H,4-9H2,1-3H3,(H2,12,14). The molecular formula is C11H24N2O2. The zero-order valence-corrected chi connectivity index (χ0v) is 10.1. The number of ether oxygens (including phenoxy) is 1. The number of nitrogens with one attached hydrogen (secondary N) is 1. The van der Waals surface area contributed by atoms with Crippen molar-refractivity contribution in [1.82, 2.24) is 5.32 Å². The zero-order valence-electron chi connectivity index (χ0n) is 10.1. The molecule has 0 saturated heterocycles. The first-order valence-corrected chi connectivity index (χ1v) is 5.67. The Morgan fingerprint density at radius 2 is 2.07 bits per heavy atom. The third kappa shape index (κ3) is 7.19. The first-order valence-electron chi connectivity index (χ1n) is 5.67. The molecule has 0 aliphatic rings. The summed E-state index contributed by atoms with van der Waals surface area (Å²) in [6, 6.07) is 0. The van der Waals surface area contributed by atoms with Gasteiger partial charge >= 0.3 is 6.09 Å². The first kappa shape index (κ1) is 14.2. The van der Waals surface area contributed by atoms with Gasteiger partial charge in [-0.05, 0) is 39.8 Å². The van der Waals surface area contributed by atoms with Gasteiger partial charge in [-0.25, -0.2) is 4.79 Å². The van der Waals surface area contributed by atoms with Gasteiger partial charge in [-0.2, -0.15) is 0 Å². The molecule has 0 rings (SSSR count). The zero-order chi connectivity index (χ0) is 11.7. The Morgan fingerprint density at radius 1 is 1.40 bits per heavy atom. The summed E-state index contributed by atoms with van der Waals surface area (Å²) >= 11 is 0. The molecule has 0 aliphatic carbocycles. The second kappa shape index (κ2) is 7.51. The number of hydrogen-bond acceptors (Lipinski definition) is 3. The van der Waals surface area contributed by atoms with Crippen LogP contribution in [0.5, 0.6) is 0 Å². The fourth-order valence-corrected chi connectivity index (χ4v) is 1.61. The van der Waals surface area contributed by atoms with Gasteiger partial charge in [0.05, 0.1) is 0 Å². The fraction of sp³-hybridized carbons (Fsp3) is 0.909. The number of rotatable bonds is 8. The molecule has 0 radical (unpaired) electrons. The van der Waals surface area contributed by atoms with E-state index in [-0.39, 0.29) is 0 Å². The Bertz CT molecular complexity index is 185. The van der Waals surface area contributed by atoms with Crippen molar-refractivity contribution in [3.63, 3.8) is 0 Å². The van der Waals surface area contributed by atoms with E-state index in [0.29, 0.717) is 0 Å². The summed E-state index contributed by atoms with van der Waals surface area (Å²) in [4.78, 5) is 10.8. The quantitative estimate of drug-likeness (QED) is 0.610. The molecule has 0 aliphatic heterocycles.